The van der Waals surface area contributed by atoms with Gasteiger partial charge in [0.2, 0.25) is 5.91 Å². The molecule has 0 spiro atoms. The van der Waals surface area contributed by atoms with Crippen LogP contribution < -0.4 is 5.32 Å². The summed E-state index contributed by atoms with van der Waals surface area (Å²) in [7, 11) is 1.83. The van der Waals surface area contributed by atoms with Gasteiger partial charge < -0.3 is 9.88 Å². The second-order valence-electron chi connectivity index (χ2n) is 3.55. The predicted octanol–water partition coefficient (Wildman–Crippen LogP) is 1.10. The van der Waals surface area contributed by atoms with Gasteiger partial charge in [0.05, 0.1) is 12.7 Å². The zero-order chi connectivity index (χ0) is 10.1. The number of halogens is 1. The highest BCUT2D eigenvalue weighted by molar-refractivity contribution is 6.29. The summed E-state index contributed by atoms with van der Waals surface area (Å²) in [6.45, 7) is 0.457. The molecule has 76 valence electrons. The molecule has 0 saturated heterocycles. The van der Waals surface area contributed by atoms with Crippen molar-refractivity contribution in [3.8, 4) is 0 Å². The average Bonchev–Trinajstić information content (AvgIpc) is 2.95. The van der Waals surface area contributed by atoms with Gasteiger partial charge in [0.1, 0.15) is 11.0 Å². The lowest BCUT2D eigenvalue weighted by Gasteiger charge is -2.04. The van der Waals surface area contributed by atoms with E-state index in [4.69, 9.17) is 11.6 Å². The molecule has 1 heterocycles. The standard InChI is InChI=1S/C9H12ClN3O/c1-13-7(10)4-11-8(13)5-12-9(14)6-2-3-6/h4,6H,2-3,5H2,1H3,(H,12,14). The molecule has 1 aliphatic carbocycles. The molecule has 1 saturated carbocycles. The first-order valence-electron chi connectivity index (χ1n) is 4.62. The van der Waals surface area contributed by atoms with Crippen LogP contribution in [0.5, 0.6) is 0 Å². The second-order valence-corrected chi connectivity index (χ2v) is 3.94. The van der Waals surface area contributed by atoms with Gasteiger partial charge in [-0.25, -0.2) is 4.98 Å². The van der Waals surface area contributed by atoms with Crippen molar-refractivity contribution in [3.63, 3.8) is 0 Å². The van der Waals surface area contributed by atoms with Crippen molar-refractivity contribution in [3.05, 3.63) is 17.2 Å². The Hall–Kier alpha value is -1.03. The molecule has 1 aromatic heterocycles. The minimum absolute atomic E-state index is 0.129. The normalized spacial score (nSPS) is 15.6. The van der Waals surface area contributed by atoms with Crippen LogP contribution in [0.2, 0.25) is 5.15 Å². The number of amides is 1. The number of hydrogen-bond donors (Lipinski definition) is 1. The summed E-state index contributed by atoms with van der Waals surface area (Å²) in [5.41, 5.74) is 0. The number of rotatable bonds is 3. The van der Waals surface area contributed by atoms with Gasteiger partial charge in [0.15, 0.2) is 0 Å². The third-order valence-electron chi connectivity index (χ3n) is 2.40. The lowest BCUT2D eigenvalue weighted by molar-refractivity contribution is -0.122. The van der Waals surface area contributed by atoms with E-state index in [0.29, 0.717) is 11.7 Å². The first-order chi connectivity index (χ1) is 6.68. The zero-order valence-electron chi connectivity index (χ0n) is 7.96. The number of hydrogen-bond acceptors (Lipinski definition) is 2. The Morgan fingerprint density at radius 1 is 1.79 bits per heavy atom. The smallest absolute Gasteiger partial charge is 0.223 e. The molecule has 5 heteroatoms. The van der Waals surface area contributed by atoms with Crippen LogP contribution in [0.15, 0.2) is 6.20 Å². The van der Waals surface area contributed by atoms with Crippen LogP contribution in [0.1, 0.15) is 18.7 Å². The van der Waals surface area contributed by atoms with Gasteiger partial charge in [-0.2, -0.15) is 0 Å². The van der Waals surface area contributed by atoms with E-state index >= 15 is 0 Å². The predicted molar refractivity (Wildman–Crippen MR) is 52.8 cm³/mol. The quantitative estimate of drug-likeness (QED) is 0.818. The molecule has 0 atom stereocenters. The lowest BCUT2D eigenvalue weighted by Crippen LogP contribution is -2.25. The maximum Gasteiger partial charge on any atom is 0.223 e. The molecular weight excluding hydrogens is 202 g/mol. The van der Waals surface area contributed by atoms with Crippen LogP contribution in [-0.4, -0.2) is 15.5 Å². The van der Waals surface area contributed by atoms with Crippen LogP contribution >= 0.6 is 11.6 Å². The largest absolute Gasteiger partial charge is 0.349 e. The van der Waals surface area contributed by atoms with Gasteiger partial charge in [0, 0.05) is 13.0 Å². The Kier molecular flexibility index (Phi) is 2.46. The fourth-order valence-corrected chi connectivity index (χ4v) is 1.39. The van der Waals surface area contributed by atoms with Crippen LogP contribution in [0.4, 0.5) is 0 Å². The summed E-state index contributed by atoms with van der Waals surface area (Å²) >= 11 is 5.81. The van der Waals surface area contributed by atoms with Crippen LogP contribution in [0.25, 0.3) is 0 Å². The molecule has 2 rings (SSSR count). The zero-order valence-corrected chi connectivity index (χ0v) is 8.71. The Morgan fingerprint density at radius 2 is 2.50 bits per heavy atom. The molecule has 1 aliphatic rings. The van der Waals surface area contributed by atoms with Gasteiger partial charge in [-0.3, -0.25) is 4.79 Å². The molecule has 0 unspecified atom stereocenters. The van der Waals surface area contributed by atoms with Crippen LogP contribution in [0, 0.1) is 5.92 Å². The molecule has 4 nitrogen and oxygen atoms in total. The summed E-state index contributed by atoms with van der Waals surface area (Å²) in [5.74, 6) is 1.15. The van der Waals surface area contributed by atoms with E-state index in [1.807, 2.05) is 7.05 Å². The van der Waals surface area contributed by atoms with E-state index in [9.17, 15) is 4.79 Å². The third-order valence-corrected chi connectivity index (χ3v) is 2.75. The number of carbonyl (C=O) groups excluding carboxylic acids is 1. The lowest BCUT2D eigenvalue weighted by atomic mass is 10.4. The molecule has 0 radical (unpaired) electrons. The Balaban J connectivity index is 1.90. The highest BCUT2D eigenvalue weighted by Crippen LogP contribution is 2.28. The van der Waals surface area contributed by atoms with Gasteiger partial charge in [-0.05, 0) is 12.8 Å². The fraction of sp³-hybridized carbons (Fsp3) is 0.556. The van der Waals surface area contributed by atoms with Crippen molar-refractivity contribution >= 4 is 17.5 Å². The molecule has 1 N–H and O–H groups in total. The third kappa shape index (κ3) is 1.90. The fourth-order valence-electron chi connectivity index (χ4n) is 1.24. The van der Waals surface area contributed by atoms with E-state index in [1.165, 1.54) is 0 Å². The molecule has 14 heavy (non-hydrogen) atoms. The van der Waals surface area contributed by atoms with Gasteiger partial charge in [0.25, 0.3) is 0 Å². The first kappa shape index (κ1) is 9.52. The Labute approximate surface area is 87.3 Å². The first-order valence-corrected chi connectivity index (χ1v) is 5.00. The molecular formula is C9H12ClN3O. The van der Waals surface area contributed by atoms with Crippen molar-refractivity contribution in [2.75, 3.05) is 0 Å². The van der Waals surface area contributed by atoms with Crippen LogP contribution in [-0.2, 0) is 18.4 Å². The van der Waals surface area contributed by atoms with E-state index < -0.39 is 0 Å². The van der Waals surface area contributed by atoms with E-state index in [2.05, 4.69) is 10.3 Å². The number of aromatic nitrogens is 2. The highest BCUT2D eigenvalue weighted by Gasteiger charge is 2.29. The maximum atomic E-state index is 11.3. The molecule has 1 aromatic rings. The van der Waals surface area contributed by atoms with E-state index in [-0.39, 0.29) is 11.8 Å². The number of carbonyl (C=O) groups is 1. The maximum absolute atomic E-state index is 11.3. The minimum atomic E-state index is 0.129. The van der Waals surface area contributed by atoms with E-state index in [1.54, 1.807) is 10.8 Å². The molecule has 1 fully saturated rings. The van der Waals surface area contributed by atoms with Gasteiger partial charge in [-0.15, -0.1) is 0 Å². The van der Waals surface area contributed by atoms with Crippen LogP contribution in [0.3, 0.4) is 0 Å². The SMILES string of the molecule is Cn1c(Cl)cnc1CNC(=O)C1CC1. The monoisotopic (exact) mass is 213 g/mol. The molecule has 1 amide bonds. The summed E-state index contributed by atoms with van der Waals surface area (Å²) in [6, 6.07) is 0. The van der Waals surface area contributed by atoms with Crippen molar-refractivity contribution < 1.29 is 4.79 Å². The van der Waals surface area contributed by atoms with Gasteiger partial charge in [-0.1, -0.05) is 11.6 Å². The summed E-state index contributed by atoms with van der Waals surface area (Å²) in [6.07, 6.45) is 3.63. The number of nitrogens with zero attached hydrogens (tertiary/aromatic N) is 2. The molecule has 0 aliphatic heterocycles. The second kappa shape index (κ2) is 3.61. The molecule has 0 bridgehead atoms. The van der Waals surface area contributed by atoms with Crippen molar-refractivity contribution in [2.24, 2.45) is 13.0 Å². The Morgan fingerprint density at radius 3 is 3.00 bits per heavy atom. The topological polar surface area (TPSA) is 46.9 Å². The Bertz CT molecular complexity index is 357. The van der Waals surface area contributed by atoms with E-state index in [0.717, 1.165) is 18.7 Å². The number of nitrogens with one attached hydrogen (secondary N) is 1. The summed E-state index contributed by atoms with van der Waals surface area (Å²) in [5, 5.41) is 3.42. The van der Waals surface area contributed by atoms with Crippen molar-refractivity contribution in [1.29, 1.82) is 0 Å². The van der Waals surface area contributed by atoms with Crippen molar-refractivity contribution in [1.82, 2.24) is 14.9 Å². The highest BCUT2D eigenvalue weighted by atomic mass is 35.5. The van der Waals surface area contributed by atoms with Gasteiger partial charge >= 0.3 is 0 Å². The van der Waals surface area contributed by atoms with Crippen molar-refractivity contribution in [2.45, 2.75) is 19.4 Å². The average molecular weight is 214 g/mol. The molecule has 0 aromatic carbocycles. The summed E-state index contributed by atoms with van der Waals surface area (Å²) < 4.78 is 1.76. The minimum Gasteiger partial charge on any atom is -0.349 e. The number of imidazole rings is 1. The summed E-state index contributed by atoms with van der Waals surface area (Å²) in [4.78, 5) is 15.4.